The zero-order chi connectivity index (χ0) is 15.7. The molecule has 1 aliphatic carbocycles. The number of hydrogen-bond acceptors (Lipinski definition) is 3. The van der Waals surface area contributed by atoms with Crippen molar-refractivity contribution in [2.45, 2.75) is 31.9 Å². The molecular weight excluding hydrogens is 326 g/mol. The molecule has 2 aliphatic rings. The second-order valence-electron chi connectivity index (χ2n) is 6.14. The fourth-order valence-corrected chi connectivity index (χ4v) is 3.67. The van der Waals surface area contributed by atoms with E-state index in [4.69, 9.17) is 5.73 Å². The highest BCUT2D eigenvalue weighted by Gasteiger charge is 2.40. The molecule has 0 radical (unpaired) electrons. The van der Waals surface area contributed by atoms with Crippen molar-refractivity contribution in [3.8, 4) is 5.75 Å². The average molecular weight is 347 g/mol. The Balaban J connectivity index is 0.00000192. The second kappa shape index (κ2) is 7.45. The molecule has 3 rings (SSSR count). The van der Waals surface area contributed by atoms with Crippen molar-refractivity contribution in [3.05, 3.63) is 29.8 Å². The van der Waals surface area contributed by atoms with Crippen molar-refractivity contribution < 1.29 is 18.3 Å². The number of nitrogens with two attached hydrogens (primary N) is 1. The number of nitrogens with zero attached hydrogens (tertiary/aromatic N) is 1. The highest BCUT2D eigenvalue weighted by Crippen LogP contribution is 2.36. The molecule has 1 saturated carbocycles. The van der Waals surface area contributed by atoms with Crippen molar-refractivity contribution in [2.24, 2.45) is 17.6 Å². The Kier molecular flexibility index (Phi) is 5.81. The van der Waals surface area contributed by atoms with Gasteiger partial charge < -0.3 is 15.4 Å². The second-order valence-corrected chi connectivity index (χ2v) is 6.14. The largest absolute Gasteiger partial charge is 0.435 e. The summed E-state index contributed by atoms with van der Waals surface area (Å²) in [6.07, 6.45) is 3.24. The molecule has 2 N–H and O–H groups in total. The normalized spacial score (nSPS) is 26.6. The van der Waals surface area contributed by atoms with E-state index in [-0.39, 0.29) is 30.1 Å². The molecule has 1 aromatic rings. The maximum absolute atomic E-state index is 12.6. The van der Waals surface area contributed by atoms with Crippen LogP contribution in [0.1, 0.15) is 29.6 Å². The van der Waals surface area contributed by atoms with Crippen molar-refractivity contribution in [1.29, 1.82) is 0 Å². The summed E-state index contributed by atoms with van der Waals surface area (Å²) in [4.78, 5) is 14.4. The van der Waals surface area contributed by atoms with Crippen LogP contribution in [0.3, 0.4) is 0 Å². The van der Waals surface area contributed by atoms with E-state index in [2.05, 4.69) is 4.74 Å². The van der Waals surface area contributed by atoms with Gasteiger partial charge in [0.05, 0.1) is 0 Å². The molecular formula is C16H21ClF2N2O2. The van der Waals surface area contributed by atoms with E-state index in [9.17, 15) is 13.6 Å². The Morgan fingerprint density at radius 2 is 2.09 bits per heavy atom. The van der Waals surface area contributed by atoms with Gasteiger partial charge in [-0.3, -0.25) is 4.79 Å². The maximum Gasteiger partial charge on any atom is 0.387 e. The van der Waals surface area contributed by atoms with Crippen LogP contribution in [0.5, 0.6) is 5.75 Å². The van der Waals surface area contributed by atoms with Crippen molar-refractivity contribution in [3.63, 3.8) is 0 Å². The number of hydrogen-bond donors (Lipinski definition) is 1. The third-order valence-corrected chi connectivity index (χ3v) is 4.75. The number of benzene rings is 1. The average Bonchev–Trinajstić information content (AvgIpc) is 2.91. The summed E-state index contributed by atoms with van der Waals surface area (Å²) in [5.74, 6) is 0.696. The molecule has 0 spiro atoms. The number of fused-ring (bicyclic) bond motifs is 1. The molecule has 1 heterocycles. The van der Waals surface area contributed by atoms with E-state index in [0.717, 1.165) is 19.3 Å². The molecule has 1 aliphatic heterocycles. The SMILES string of the molecule is Cl.NC1CCCC2CN(C(=O)c3cccc(OC(F)F)c3)CC12. The number of alkyl halides is 2. The Labute approximate surface area is 140 Å². The molecule has 3 unspecified atom stereocenters. The smallest absolute Gasteiger partial charge is 0.387 e. The van der Waals surface area contributed by atoms with Crippen molar-refractivity contribution >= 4 is 18.3 Å². The molecule has 23 heavy (non-hydrogen) atoms. The topological polar surface area (TPSA) is 55.6 Å². The minimum absolute atomic E-state index is 0. The van der Waals surface area contributed by atoms with E-state index in [0.29, 0.717) is 30.5 Å². The minimum atomic E-state index is -2.89. The van der Waals surface area contributed by atoms with Gasteiger partial charge in [0.25, 0.3) is 5.91 Å². The van der Waals surface area contributed by atoms with Gasteiger partial charge in [-0.05, 0) is 42.9 Å². The first-order valence-electron chi connectivity index (χ1n) is 7.64. The van der Waals surface area contributed by atoms with Crippen LogP contribution >= 0.6 is 12.4 Å². The molecule has 1 saturated heterocycles. The van der Waals surface area contributed by atoms with Crippen LogP contribution < -0.4 is 10.5 Å². The number of carbonyl (C=O) groups is 1. The molecule has 0 aromatic heterocycles. The summed E-state index contributed by atoms with van der Waals surface area (Å²) in [7, 11) is 0. The van der Waals surface area contributed by atoms with E-state index in [1.165, 1.54) is 12.1 Å². The molecule has 0 bridgehead atoms. The van der Waals surface area contributed by atoms with Crippen LogP contribution in [0.4, 0.5) is 8.78 Å². The highest BCUT2D eigenvalue weighted by atomic mass is 35.5. The maximum atomic E-state index is 12.6. The van der Waals surface area contributed by atoms with Gasteiger partial charge in [-0.1, -0.05) is 12.5 Å². The Bertz CT molecular complexity index is 559. The summed E-state index contributed by atoms with van der Waals surface area (Å²) in [5, 5.41) is 0. The van der Waals surface area contributed by atoms with Gasteiger partial charge in [-0.25, -0.2) is 0 Å². The zero-order valence-corrected chi connectivity index (χ0v) is 13.5. The lowest BCUT2D eigenvalue weighted by molar-refractivity contribution is -0.0499. The van der Waals surface area contributed by atoms with Gasteiger partial charge in [0.15, 0.2) is 0 Å². The molecule has 128 valence electrons. The van der Waals surface area contributed by atoms with Crippen LogP contribution in [0.25, 0.3) is 0 Å². The highest BCUT2D eigenvalue weighted by molar-refractivity contribution is 5.94. The van der Waals surface area contributed by atoms with Gasteiger partial charge in [0, 0.05) is 24.7 Å². The summed E-state index contributed by atoms with van der Waals surface area (Å²) >= 11 is 0. The molecule has 3 atom stereocenters. The van der Waals surface area contributed by atoms with Crippen molar-refractivity contribution in [1.82, 2.24) is 4.90 Å². The third kappa shape index (κ3) is 3.93. The molecule has 2 fully saturated rings. The van der Waals surface area contributed by atoms with Gasteiger partial charge in [-0.15, -0.1) is 12.4 Å². The van der Waals surface area contributed by atoms with Gasteiger partial charge in [0.1, 0.15) is 5.75 Å². The minimum Gasteiger partial charge on any atom is -0.435 e. The number of amides is 1. The van der Waals surface area contributed by atoms with Crippen LogP contribution in [-0.2, 0) is 0 Å². The number of ether oxygens (including phenoxy) is 1. The molecule has 1 amide bonds. The molecule has 1 aromatic carbocycles. The monoisotopic (exact) mass is 346 g/mol. The predicted molar refractivity (Wildman–Crippen MR) is 85.0 cm³/mol. The lowest BCUT2D eigenvalue weighted by Crippen LogP contribution is -2.38. The standard InChI is InChI=1S/C16H20F2N2O2.ClH/c17-16(18)22-12-5-1-3-10(7-12)15(21)20-8-11-4-2-6-14(19)13(11)9-20;/h1,3,5,7,11,13-14,16H,2,4,6,8-9,19H2;1H. The molecule has 4 nitrogen and oxygen atoms in total. The summed E-state index contributed by atoms with van der Waals surface area (Å²) < 4.78 is 28.9. The van der Waals surface area contributed by atoms with Gasteiger partial charge >= 0.3 is 6.61 Å². The summed E-state index contributed by atoms with van der Waals surface area (Å²) in [6.45, 7) is -1.53. The van der Waals surface area contributed by atoms with E-state index in [1.807, 2.05) is 0 Å². The Hall–Kier alpha value is -1.40. The Morgan fingerprint density at radius 3 is 2.78 bits per heavy atom. The third-order valence-electron chi connectivity index (χ3n) is 4.75. The van der Waals surface area contributed by atoms with Gasteiger partial charge in [-0.2, -0.15) is 8.78 Å². The van der Waals surface area contributed by atoms with E-state index in [1.54, 1.807) is 17.0 Å². The zero-order valence-electron chi connectivity index (χ0n) is 12.7. The first kappa shape index (κ1) is 17.9. The first-order chi connectivity index (χ1) is 10.5. The van der Waals surface area contributed by atoms with Crippen LogP contribution in [0, 0.1) is 11.8 Å². The number of halogens is 3. The van der Waals surface area contributed by atoms with Crippen LogP contribution in [0.15, 0.2) is 24.3 Å². The number of rotatable bonds is 3. The Morgan fingerprint density at radius 1 is 1.30 bits per heavy atom. The lowest BCUT2D eigenvalue weighted by Gasteiger charge is -2.29. The quantitative estimate of drug-likeness (QED) is 0.915. The van der Waals surface area contributed by atoms with Gasteiger partial charge in [0.2, 0.25) is 0 Å². The van der Waals surface area contributed by atoms with Crippen molar-refractivity contribution in [2.75, 3.05) is 13.1 Å². The van der Waals surface area contributed by atoms with Crippen LogP contribution in [0.2, 0.25) is 0 Å². The van der Waals surface area contributed by atoms with Crippen LogP contribution in [-0.4, -0.2) is 36.5 Å². The molecule has 7 heteroatoms. The summed E-state index contributed by atoms with van der Waals surface area (Å²) in [5.41, 5.74) is 6.54. The lowest BCUT2D eigenvalue weighted by atomic mass is 9.78. The summed E-state index contributed by atoms with van der Waals surface area (Å²) in [6, 6.07) is 6.13. The predicted octanol–water partition coefficient (Wildman–Crippen LogP) is 2.91. The van der Waals surface area contributed by atoms with E-state index >= 15 is 0 Å². The number of carbonyl (C=O) groups excluding carboxylic acids is 1. The van der Waals surface area contributed by atoms with E-state index < -0.39 is 6.61 Å². The first-order valence-corrected chi connectivity index (χ1v) is 7.64. The number of likely N-dealkylation sites (tertiary alicyclic amines) is 1. The fraction of sp³-hybridized carbons (Fsp3) is 0.562. The fourth-order valence-electron chi connectivity index (χ4n) is 3.67.